The van der Waals surface area contributed by atoms with Crippen LogP contribution in [0.1, 0.15) is 32.5 Å². The Labute approximate surface area is 166 Å². The summed E-state index contributed by atoms with van der Waals surface area (Å²) in [5.74, 6) is -2.29. The van der Waals surface area contributed by atoms with Crippen molar-refractivity contribution in [2.45, 2.75) is 12.3 Å². The van der Waals surface area contributed by atoms with E-state index in [9.17, 15) is 19.1 Å². The highest BCUT2D eigenvalue weighted by molar-refractivity contribution is 9.10. The molecule has 0 aliphatic carbocycles. The summed E-state index contributed by atoms with van der Waals surface area (Å²) < 4.78 is 15.2. The average Bonchev–Trinajstić information content (AvgIpc) is 3.03. The Hall–Kier alpha value is -2.51. The lowest BCUT2D eigenvalue weighted by atomic mass is 9.88. The molecule has 2 N–H and O–H groups in total. The minimum Gasteiger partial charge on any atom is -0.477 e. The number of aromatic carboxylic acids is 1. The van der Waals surface area contributed by atoms with Gasteiger partial charge in [0.2, 0.25) is 5.91 Å². The predicted molar refractivity (Wildman–Crippen MR) is 106 cm³/mol. The highest BCUT2D eigenvalue weighted by atomic mass is 79.9. The van der Waals surface area contributed by atoms with Gasteiger partial charge in [0.1, 0.15) is 10.7 Å². The number of carbonyl (C=O) groups excluding carboxylic acids is 1. The van der Waals surface area contributed by atoms with E-state index < -0.39 is 17.7 Å². The molecule has 2 heterocycles. The molecule has 1 amide bonds. The van der Waals surface area contributed by atoms with Gasteiger partial charge in [-0.3, -0.25) is 4.79 Å². The van der Waals surface area contributed by atoms with Gasteiger partial charge in [-0.2, -0.15) is 0 Å². The average molecular weight is 446 g/mol. The first-order valence-electron chi connectivity index (χ1n) is 8.16. The lowest BCUT2D eigenvalue weighted by molar-refractivity contribution is -0.116. The van der Waals surface area contributed by atoms with Crippen molar-refractivity contribution in [3.05, 3.63) is 74.1 Å². The molecular formula is C20H13BrFNO3S. The second-order valence-electron chi connectivity index (χ2n) is 6.19. The van der Waals surface area contributed by atoms with Crippen LogP contribution >= 0.6 is 27.3 Å². The molecule has 1 atom stereocenters. The van der Waals surface area contributed by atoms with Gasteiger partial charge in [0, 0.05) is 27.3 Å². The molecular weight excluding hydrogens is 433 g/mol. The van der Waals surface area contributed by atoms with Crippen molar-refractivity contribution in [3.63, 3.8) is 0 Å². The maximum Gasteiger partial charge on any atom is 0.346 e. The fourth-order valence-corrected chi connectivity index (χ4v) is 4.97. The van der Waals surface area contributed by atoms with Gasteiger partial charge >= 0.3 is 5.97 Å². The number of benzene rings is 2. The normalized spacial score (nSPS) is 15.9. The van der Waals surface area contributed by atoms with E-state index in [1.165, 1.54) is 6.07 Å². The number of hydrogen-bond acceptors (Lipinski definition) is 3. The molecule has 27 heavy (non-hydrogen) atoms. The molecule has 136 valence electrons. The van der Waals surface area contributed by atoms with Gasteiger partial charge in [0.05, 0.1) is 5.69 Å². The molecule has 0 saturated carbocycles. The van der Waals surface area contributed by atoms with Crippen LogP contribution in [-0.2, 0) is 4.79 Å². The monoisotopic (exact) mass is 445 g/mol. The number of carboxylic acid groups (broad SMARTS) is 1. The van der Waals surface area contributed by atoms with Gasteiger partial charge in [-0.05, 0) is 29.3 Å². The van der Waals surface area contributed by atoms with Crippen LogP contribution in [0.25, 0.3) is 11.1 Å². The highest BCUT2D eigenvalue weighted by Gasteiger charge is 2.35. The van der Waals surface area contributed by atoms with Crippen molar-refractivity contribution in [2.24, 2.45) is 0 Å². The van der Waals surface area contributed by atoms with E-state index in [4.69, 9.17) is 0 Å². The Kier molecular flexibility index (Phi) is 4.57. The number of carbonyl (C=O) groups is 2. The second-order valence-corrected chi connectivity index (χ2v) is 8.16. The van der Waals surface area contributed by atoms with Gasteiger partial charge in [-0.15, -0.1) is 11.3 Å². The molecule has 4 rings (SSSR count). The van der Waals surface area contributed by atoms with Crippen molar-refractivity contribution in [1.82, 2.24) is 0 Å². The van der Waals surface area contributed by atoms with Crippen LogP contribution in [0.4, 0.5) is 10.1 Å². The number of amides is 1. The summed E-state index contributed by atoms with van der Waals surface area (Å²) in [6.07, 6.45) is 0.0637. The van der Waals surface area contributed by atoms with Crippen LogP contribution < -0.4 is 5.32 Å². The van der Waals surface area contributed by atoms with Gasteiger partial charge in [0.25, 0.3) is 0 Å². The summed E-state index contributed by atoms with van der Waals surface area (Å²) >= 11 is 4.43. The summed E-state index contributed by atoms with van der Waals surface area (Å²) in [4.78, 5) is 25.0. The Bertz CT molecular complexity index is 1060. The smallest absolute Gasteiger partial charge is 0.346 e. The van der Waals surface area contributed by atoms with Crippen LogP contribution in [0.15, 0.2) is 53.0 Å². The molecule has 1 aromatic heterocycles. The van der Waals surface area contributed by atoms with E-state index in [2.05, 4.69) is 21.2 Å². The van der Waals surface area contributed by atoms with Crippen LogP contribution in [-0.4, -0.2) is 17.0 Å². The van der Waals surface area contributed by atoms with Crippen LogP contribution in [0, 0.1) is 5.82 Å². The van der Waals surface area contributed by atoms with E-state index in [1.54, 1.807) is 36.4 Å². The third kappa shape index (κ3) is 3.17. The maximum absolute atomic E-state index is 14.5. The van der Waals surface area contributed by atoms with Crippen molar-refractivity contribution >= 4 is 44.8 Å². The summed E-state index contributed by atoms with van der Waals surface area (Å²) in [6.45, 7) is 0. The van der Waals surface area contributed by atoms with Gasteiger partial charge in [0.15, 0.2) is 0 Å². The lowest BCUT2D eigenvalue weighted by Gasteiger charge is -2.24. The minimum absolute atomic E-state index is 0.0637. The summed E-state index contributed by atoms with van der Waals surface area (Å²) in [6, 6.07) is 13.6. The van der Waals surface area contributed by atoms with E-state index >= 15 is 0 Å². The van der Waals surface area contributed by atoms with Crippen LogP contribution in [0.2, 0.25) is 0 Å². The number of nitrogens with one attached hydrogen (secondary N) is 1. The first kappa shape index (κ1) is 17.9. The Morgan fingerprint density at radius 3 is 2.67 bits per heavy atom. The van der Waals surface area contributed by atoms with Crippen molar-refractivity contribution in [3.8, 4) is 11.1 Å². The predicted octanol–water partition coefficient (Wildman–Crippen LogP) is 5.49. The third-order valence-corrected chi connectivity index (χ3v) is 6.28. The lowest BCUT2D eigenvalue weighted by Crippen LogP contribution is -2.23. The number of thiophene rings is 1. The number of carboxylic acids is 1. The summed E-state index contributed by atoms with van der Waals surface area (Å²) in [5.41, 5.74) is 2.00. The molecule has 0 saturated heterocycles. The van der Waals surface area contributed by atoms with E-state index in [-0.39, 0.29) is 17.2 Å². The van der Waals surface area contributed by atoms with Gasteiger partial charge < -0.3 is 10.4 Å². The zero-order valence-electron chi connectivity index (χ0n) is 13.8. The number of fused-ring (bicyclic) bond motifs is 1. The standard InChI is InChI=1S/C20H13BrFNO3S/c21-11-6-7-14(22)12(8-11)13-9-15(24)23-17-16(10-4-2-1-3-5-10)19(20(25)26)27-18(13)17/h1-8,13H,9H2,(H,23,24)(H,25,26)/t13-/m0/s1. The first-order chi connectivity index (χ1) is 13.0. The number of hydrogen-bond donors (Lipinski definition) is 2. The second kappa shape index (κ2) is 6.90. The van der Waals surface area contributed by atoms with Crippen LogP contribution in [0.3, 0.4) is 0 Å². The molecule has 4 nitrogen and oxygen atoms in total. The van der Waals surface area contributed by atoms with E-state index in [0.29, 0.717) is 31.7 Å². The van der Waals surface area contributed by atoms with Crippen molar-refractivity contribution in [2.75, 3.05) is 5.32 Å². The van der Waals surface area contributed by atoms with Gasteiger partial charge in [-0.25, -0.2) is 9.18 Å². The molecule has 3 aromatic rings. The number of rotatable bonds is 3. The topological polar surface area (TPSA) is 66.4 Å². The fraction of sp³-hybridized carbons (Fsp3) is 0.100. The molecule has 0 unspecified atom stereocenters. The molecule has 7 heteroatoms. The molecule has 0 spiro atoms. The fourth-order valence-electron chi connectivity index (χ4n) is 3.35. The number of halogens is 2. The number of anilines is 1. The van der Waals surface area contributed by atoms with E-state index in [1.807, 2.05) is 6.07 Å². The zero-order chi connectivity index (χ0) is 19.1. The summed E-state index contributed by atoms with van der Waals surface area (Å²) in [7, 11) is 0. The minimum atomic E-state index is -1.07. The SMILES string of the molecule is O=C1C[C@@H](c2cc(Br)ccc2F)c2sc(C(=O)O)c(-c3ccccc3)c2N1. The molecule has 1 aliphatic heterocycles. The van der Waals surface area contributed by atoms with Crippen molar-refractivity contribution in [1.29, 1.82) is 0 Å². The first-order valence-corrected chi connectivity index (χ1v) is 9.77. The largest absolute Gasteiger partial charge is 0.477 e. The van der Waals surface area contributed by atoms with Gasteiger partial charge in [-0.1, -0.05) is 46.3 Å². The Morgan fingerprint density at radius 2 is 1.96 bits per heavy atom. The zero-order valence-corrected chi connectivity index (χ0v) is 16.2. The quantitative estimate of drug-likeness (QED) is 0.559. The summed E-state index contributed by atoms with van der Waals surface area (Å²) in [5, 5.41) is 12.5. The maximum atomic E-state index is 14.5. The van der Waals surface area contributed by atoms with Crippen molar-refractivity contribution < 1.29 is 19.1 Å². The van der Waals surface area contributed by atoms with Crippen LogP contribution in [0.5, 0.6) is 0 Å². The third-order valence-electron chi connectivity index (χ3n) is 4.50. The molecule has 0 bridgehead atoms. The molecule has 2 aromatic carbocycles. The highest BCUT2D eigenvalue weighted by Crippen LogP contribution is 2.49. The molecule has 0 radical (unpaired) electrons. The Balaban J connectivity index is 1.97. The van der Waals surface area contributed by atoms with E-state index in [0.717, 1.165) is 11.3 Å². The molecule has 1 aliphatic rings. The Morgan fingerprint density at radius 1 is 1.22 bits per heavy atom. The molecule has 0 fully saturated rings.